The molecule has 9 heteroatoms. The molecule has 0 saturated carbocycles. The van der Waals surface area contributed by atoms with Crippen LogP contribution in [0.2, 0.25) is 0 Å². The molecule has 0 spiro atoms. The van der Waals surface area contributed by atoms with Gasteiger partial charge in [-0.05, 0) is 44.9 Å². The molecule has 7 atom stereocenters. The molecule has 0 radical (unpaired) electrons. The van der Waals surface area contributed by atoms with Gasteiger partial charge in [-0.15, -0.1) is 0 Å². The Morgan fingerprint density at radius 1 is 0.600 bits per heavy atom. The number of hydrogen-bond donors (Lipinski definition) is 6. The van der Waals surface area contributed by atoms with Gasteiger partial charge in [-0.25, -0.2) is 0 Å². The zero-order chi connectivity index (χ0) is 40.2. The topological polar surface area (TPSA) is 149 Å². The summed E-state index contributed by atoms with van der Waals surface area (Å²) in [7, 11) is 0. The summed E-state index contributed by atoms with van der Waals surface area (Å²) in [6, 6.07) is -0.823. The molecule has 9 nitrogen and oxygen atoms in total. The van der Waals surface area contributed by atoms with Gasteiger partial charge in [0, 0.05) is 6.42 Å². The van der Waals surface area contributed by atoms with E-state index >= 15 is 0 Å². The van der Waals surface area contributed by atoms with E-state index < -0.39 is 49.5 Å². The van der Waals surface area contributed by atoms with E-state index in [2.05, 4.69) is 43.5 Å². The van der Waals surface area contributed by atoms with Crippen LogP contribution in [0.15, 0.2) is 36.5 Å². The Bertz CT molecular complexity index is 956. The predicted octanol–water partition coefficient (Wildman–Crippen LogP) is 9.28. The van der Waals surface area contributed by atoms with Crippen LogP contribution in [-0.2, 0) is 14.3 Å². The SMILES string of the molecule is CCCCCCCCCCCCCC/C=C/CC/C=C/CC/C=C/C(O)C(COC1OC(CO)C(O)C(O)C1O)NC(=O)CCCCCCCCCCCC. The maximum Gasteiger partial charge on any atom is 0.220 e. The lowest BCUT2D eigenvalue weighted by molar-refractivity contribution is -0.302. The average molecular weight is 780 g/mol. The zero-order valence-electron chi connectivity index (χ0n) is 35.2. The van der Waals surface area contributed by atoms with Gasteiger partial charge in [0.1, 0.15) is 24.4 Å². The second-order valence-electron chi connectivity index (χ2n) is 15.8. The van der Waals surface area contributed by atoms with Crippen LogP contribution in [-0.4, -0.2) is 87.5 Å². The monoisotopic (exact) mass is 780 g/mol. The van der Waals surface area contributed by atoms with Crippen molar-refractivity contribution < 1.29 is 39.8 Å². The molecular formula is C46H85NO8. The van der Waals surface area contributed by atoms with Crippen molar-refractivity contribution in [3.05, 3.63) is 36.5 Å². The maximum atomic E-state index is 12.9. The first kappa shape index (κ1) is 51.4. The molecule has 1 amide bonds. The van der Waals surface area contributed by atoms with Gasteiger partial charge in [-0.2, -0.15) is 0 Å². The number of ether oxygens (including phenoxy) is 2. The molecule has 0 aromatic rings. The Hall–Kier alpha value is -1.59. The second-order valence-corrected chi connectivity index (χ2v) is 15.8. The Balaban J connectivity index is 2.36. The lowest BCUT2D eigenvalue weighted by Gasteiger charge is -2.40. The van der Waals surface area contributed by atoms with Crippen LogP contribution in [0.4, 0.5) is 0 Å². The summed E-state index contributed by atoms with van der Waals surface area (Å²) in [5, 5.41) is 54.0. The standard InChI is InChI=1S/C46H85NO8/c1-3-5-7-9-11-13-15-16-17-18-19-20-21-22-23-24-25-26-27-29-31-33-35-40(49)39(38-54-46-45(53)44(52)43(51)41(37-48)55-46)47-42(50)36-34-32-30-28-14-12-10-8-6-4-2/h22-23,26-27,33,35,39-41,43-46,48-49,51-53H,3-21,24-25,28-32,34,36-38H2,1-2H3,(H,47,50)/b23-22+,27-26+,35-33+. The summed E-state index contributed by atoms with van der Waals surface area (Å²) in [5.41, 5.74) is 0. The van der Waals surface area contributed by atoms with E-state index in [1.165, 1.54) is 128 Å². The number of allylic oxidation sites excluding steroid dienone is 5. The molecule has 0 aromatic heterocycles. The number of rotatable bonds is 37. The quantitative estimate of drug-likeness (QED) is 0.0270. The minimum Gasteiger partial charge on any atom is -0.394 e. The summed E-state index contributed by atoms with van der Waals surface area (Å²) in [6.07, 6.45) is 37.7. The molecule has 1 aliphatic rings. The van der Waals surface area contributed by atoms with Crippen molar-refractivity contribution in [1.29, 1.82) is 0 Å². The van der Waals surface area contributed by atoms with Crippen molar-refractivity contribution in [2.45, 2.75) is 236 Å². The molecule has 322 valence electrons. The van der Waals surface area contributed by atoms with Gasteiger partial charge in [-0.3, -0.25) is 4.79 Å². The van der Waals surface area contributed by atoms with Gasteiger partial charge in [0.15, 0.2) is 6.29 Å². The molecule has 1 saturated heterocycles. The molecule has 6 N–H and O–H groups in total. The molecule has 1 aliphatic heterocycles. The van der Waals surface area contributed by atoms with Gasteiger partial charge in [0.25, 0.3) is 0 Å². The highest BCUT2D eigenvalue weighted by molar-refractivity contribution is 5.76. The first-order valence-electron chi connectivity index (χ1n) is 22.7. The van der Waals surface area contributed by atoms with Crippen molar-refractivity contribution >= 4 is 5.91 Å². The van der Waals surface area contributed by atoms with Gasteiger partial charge in [0.2, 0.25) is 5.91 Å². The highest BCUT2D eigenvalue weighted by Gasteiger charge is 2.44. The number of hydrogen-bond acceptors (Lipinski definition) is 8. The van der Waals surface area contributed by atoms with E-state index in [9.17, 15) is 30.3 Å². The van der Waals surface area contributed by atoms with E-state index in [1.54, 1.807) is 6.08 Å². The summed E-state index contributed by atoms with van der Waals surface area (Å²) in [4.78, 5) is 12.9. The molecule has 0 aromatic carbocycles. The number of unbranched alkanes of at least 4 members (excludes halogenated alkanes) is 23. The minimum absolute atomic E-state index is 0.194. The third kappa shape index (κ3) is 27.6. The van der Waals surface area contributed by atoms with E-state index in [1.807, 2.05) is 6.08 Å². The van der Waals surface area contributed by atoms with Crippen LogP contribution in [0, 0.1) is 0 Å². The zero-order valence-corrected chi connectivity index (χ0v) is 35.2. The Morgan fingerprint density at radius 3 is 1.53 bits per heavy atom. The molecule has 55 heavy (non-hydrogen) atoms. The maximum absolute atomic E-state index is 12.9. The molecule has 0 bridgehead atoms. The summed E-state index contributed by atoms with van der Waals surface area (Å²) in [6.45, 7) is 3.73. The fourth-order valence-corrected chi connectivity index (χ4v) is 7.01. The number of aliphatic hydroxyl groups is 5. The Labute approximate surface area is 336 Å². The van der Waals surface area contributed by atoms with Crippen LogP contribution in [0.5, 0.6) is 0 Å². The second kappa shape index (κ2) is 36.7. The van der Waals surface area contributed by atoms with Crippen LogP contribution >= 0.6 is 0 Å². The van der Waals surface area contributed by atoms with Crippen molar-refractivity contribution in [2.24, 2.45) is 0 Å². The van der Waals surface area contributed by atoms with Crippen LogP contribution in [0.3, 0.4) is 0 Å². The van der Waals surface area contributed by atoms with Crippen molar-refractivity contribution in [2.75, 3.05) is 13.2 Å². The normalized spacial score (nSPS) is 21.6. The number of aliphatic hydroxyl groups excluding tert-OH is 5. The average Bonchev–Trinajstić information content (AvgIpc) is 3.18. The fourth-order valence-electron chi connectivity index (χ4n) is 7.01. The van der Waals surface area contributed by atoms with Gasteiger partial charge < -0.3 is 40.3 Å². The molecule has 0 aliphatic carbocycles. The number of carbonyl (C=O) groups is 1. The lowest BCUT2D eigenvalue weighted by Crippen LogP contribution is -2.60. The third-order valence-electron chi connectivity index (χ3n) is 10.7. The van der Waals surface area contributed by atoms with Gasteiger partial charge in [0.05, 0.1) is 25.4 Å². The Morgan fingerprint density at radius 2 is 1.04 bits per heavy atom. The molecule has 7 unspecified atom stereocenters. The molecule has 1 heterocycles. The fraction of sp³-hybridized carbons (Fsp3) is 0.848. The highest BCUT2D eigenvalue weighted by atomic mass is 16.7. The van der Waals surface area contributed by atoms with Crippen molar-refractivity contribution in [3.63, 3.8) is 0 Å². The van der Waals surface area contributed by atoms with Crippen LogP contribution < -0.4 is 5.32 Å². The lowest BCUT2D eigenvalue weighted by atomic mass is 9.99. The van der Waals surface area contributed by atoms with E-state index in [-0.39, 0.29) is 12.5 Å². The van der Waals surface area contributed by atoms with Crippen LogP contribution in [0.1, 0.15) is 194 Å². The van der Waals surface area contributed by atoms with Crippen LogP contribution in [0.25, 0.3) is 0 Å². The summed E-state index contributed by atoms with van der Waals surface area (Å²) in [5.74, 6) is -0.194. The van der Waals surface area contributed by atoms with E-state index in [0.29, 0.717) is 6.42 Å². The number of carbonyl (C=O) groups excluding carboxylic acids is 1. The Kier molecular flexibility index (Phi) is 34.3. The first-order chi connectivity index (χ1) is 26.8. The molecule has 1 rings (SSSR count). The molecular weight excluding hydrogens is 695 g/mol. The predicted molar refractivity (Wildman–Crippen MR) is 226 cm³/mol. The summed E-state index contributed by atoms with van der Waals surface area (Å²) < 4.78 is 11.2. The highest BCUT2D eigenvalue weighted by Crippen LogP contribution is 2.22. The van der Waals surface area contributed by atoms with E-state index in [0.717, 1.165) is 44.9 Å². The van der Waals surface area contributed by atoms with Crippen molar-refractivity contribution in [1.82, 2.24) is 5.32 Å². The minimum atomic E-state index is -1.57. The van der Waals surface area contributed by atoms with Gasteiger partial charge >= 0.3 is 0 Å². The van der Waals surface area contributed by atoms with Gasteiger partial charge in [-0.1, -0.05) is 179 Å². The number of amides is 1. The van der Waals surface area contributed by atoms with Crippen molar-refractivity contribution in [3.8, 4) is 0 Å². The third-order valence-corrected chi connectivity index (χ3v) is 10.7. The van der Waals surface area contributed by atoms with E-state index in [4.69, 9.17) is 9.47 Å². The molecule has 1 fully saturated rings. The largest absolute Gasteiger partial charge is 0.394 e. The smallest absolute Gasteiger partial charge is 0.220 e. The number of nitrogens with one attached hydrogen (secondary N) is 1. The first-order valence-corrected chi connectivity index (χ1v) is 22.7. The summed E-state index contributed by atoms with van der Waals surface area (Å²) >= 11 is 0.